The van der Waals surface area contributed by atoms with E-state index in [2.05, 4.69) is 4.98 Å². The van der Waals surface area contributed by atoms with Gasteiger partial charge in [0.05, 0.1) is 22.7 Å². The van der Waals surface area contributed by atoms with Crippen molar-refractivity contribution < 1.29 is 18.3 Å². The number of nitrogens with two attached hydrogens (primary N) is 2. The number of hydrogen-bond donors (Lipinski definition) is 2. The van der Waals surface area contributed by atoms with Gasteiger partial charge in [-0.2, -0.15) is 0 Å². The van der Waals surface area contributed by atoms with Gasteiger partial charge in [-0.3, -0.25) is 4.79 Å². The third-order valence-corrected chi connectivity index (χ3v) is 7.58. The van der Waals surface area contributed by atoms with Crippen molar-refractivity contribution in [2.75, 3.05) is 18.8 Å². The normalized spacial score (nSPS) is 15.2. The van der Waals surface area contributed by atoms with Gasteiger partial charge in [0.1, 0.15) is 11.9 Å². The van der Waals surface area contributed by atoms with Crippen LogP contribution in [0.4, 0.5) is 10.2 Å². The highest BCUT2D eigenvalue weighted by atomic mass is 35.5. The molecule has 1 aliphatic rings. The van der Waals surface area contributed by atoms with Gasteiger partial charge in [0.15, 0.2) is 11.4 Å². The van der Waals surface area contributed by atoms with Crippen LogP contribution in [0.15, 0.2) is 65.4 Å². The molecular formula is C29H27Cl2FN4O3. The number of carbonyl (C=O) groups is 1. The van der Waals surface area contributed by atoms with Gasteiger partial charge in [-0.05, 0) is 43.0 Å². The zero-order valence-corrected chi connectivity index (χ0v) is 22.7. The number of anilines is 1. The van der Waals surface area contributed by atoms with Crippen molar-refractivity contribution in [3.8, 4) is 5.75 Å². The average Bonchev–Trinajstić information content (AvgIpc) is 3.37. The van der Waals surface area contributed by atoms with E-state index < -0.39 is 18.0 Å². The average molecular weight is 569 g/mol. The van der Waals surface area contributed by atoms with Gasteiger partial charge in [-0.25, -0.2) is 9.37 Å². The lowest BCUT2D eigenvalue weighted by atomic mass is 9.98. The number of amides is 1. The fraction of sp³-hybridized carbons (Fsp3) is 0.241. The number of benzene rings is 2. The van der Waals surface area contributed by atoms with Crippen molar-refractivity contribution >= 4 is 51.5 Å². The van der Waals surface area contributed by atoms with Gasteiger partial charge >= 0.3 is 0 Å². The molecular weight excluding hydrogens is 542 g/mol. The maximum atomic E-state index is 14.1. The van der Waals surface area contributed by atoms with Crippen LogP contribution >= 0.6 is 23.2 Å². The number of nitrogens with zero attached hydrogens (tertiary/aromatic N) is 2. The number of halogens is 3. The van der Waals surface area contributed by atoms with E-state index in [0.29, 0.717) is 42.5 Å². The summed E-state index contributed by atoms with van der Waals surface area (Å²) >= 11 is 12.4. The Labute approximate surface area is 235 Å². The van der Waals surface area contributed by atoms with Crippen LogP contribution in [0.3, 0.4) is 0 Å². The molecule has 0 fully saturated rings. The molecule has 2 aromatic carbocycles. The van der Waals surface area contributed by atoms with Crippen molar-refractivity contribution in [3.05, 3.63) is 93.6 Å². The Morgan fingerprint density at radius 3 is 2.72 bits per heavy atom. The summed E-state index contributed by atoms with van der Waals surface area (Å²) in [4.78, 5) is 19.0. The lowest BCUT2D eigenvalue weighted by Gasteiger charge is -2.28. The lowest BCUT2D eigenvalue weighted by molar-refractivity contribution is -0.132. The highest BCUT2D eigenvalue weighted by Gasteiger charge is 2.26. The fourth-order valence-corrected chi connectivity index (χ4v) is 5.48. The summed E-state index contributed by atoms with van der Waals surface area (Å²) in [6.07, 6.45) is 5.60. The monoisotopic (exact) mass is 568 g/mol. The van der Waals surface area contributed by atoms with E-state index in [1.165, 1.54) is 12.1 Å². The number of furan rings is 1. The van der Waals surface area contributed by atoms with Crippen LogP contribution in [0.25, 0.3) is 16.5 Å². The maximum Gasteiger partial charge on any atom is 0.240 e. The maximum absolute atomic E-state index is 14.1. The zero-order chi connectivity index (χ0) is 27.7. The van der Waals surface area contributed by atoms with Gasteiger partial charge < -0.3 is 25.5 Å². The first-order valence-electron chi connectivity index (χ1n) is 12.5. The summed E-state index contributed by atoms with van der Waals surface area (Å²) in [5.41, 5.74) is 15.9. The van der Waals surface area contributed by atoms with Gasteiger partial charge in [-0.15, -0.1) is 0 Å². The third kappa shape index (κ3) is 5.45. The molecule has 2 aromatic heterocycles. The molecule has 10 heteroatoms. The van der Waals surface area contributed by atoms with Crippen LogP contribution in [0.5, 0.6) is 5.75 Å². The van der Waals surface area contributed by atoms with Crippen molar-refractivity contribution in [1.29, 1.82) is 0 Å². The molecule has 0 radical (unpaired) electrons. The van der Waals surface area contributed by atoms with E-state index in [9.17, 15) is 9.18 Å². The Hall–Kier alpha value is -3.59. The zero-order valence-electron chi connectivity index (χ0n) is 21.2. The molecule has 7 nitrogen and oxygen atoms in total. The summed E-state index contributed by atoms with van der Waals surface area (Å²) in [5.74, 6) is -0.364. The van der Waals surface area contributed by atoms with Crippen molar-refractivity contribution in [3.63, 3.8) is 0 Å². The molecule has 202 valence electrons. The first-order valence-corrected chi connectivity index (χ1v) is 13.2. The first-order chi connectivity index (χ1) is 18.7. The number of ether oxygens (including phenoxy) is 1. The SMILES string of the molecule is CC(Oc1c(N)ncc2c(C3=CCN(C(=O)C(N)Cc4ccccc4)CC3)coc12)c1c(Cl)ccc(F)c1Cl. The molecule has 0 saturated heterocycles. The highest BCUT2D eigenvalue weighted by molar-refractivity contribution is 6.36. The second-order valence-corrected chi connectivity index (χ2v) is 10.2. The van der Waals surface area contributed by atoms with Gasteiger partial charge in [0.25, 0.3) is 0 Å². The second-order valence-electron chi connectivity index (χ2n) is 9.44. The molecule has 5 rings (SSSR count). The molecule has 0 spiro atoms. The van der Waals surface area contributed by atoms with E-state index in [1.54, 1.807) is 24.3 Å². The Morgan fingerprint density at radius 1 is 1.23 bits per heavy atom. The Morgan fingerprint density at radius 2 is 2.00 bits per heavy atom. The predicted octanol–water partition coefficient (Wildman–Crippen LogP) is 6.18. The molecule has 1 aliphatic heterocycles. The quantitative estimate of drug-likeness (QED) is 0.258. The predicted molar refractivity (Wildman–Crippen MR) is 151 cm³/mol. The number of fused-ring (bicyclic) bond motifs is 1. The Kier molecular flexibility index (Phi) is 7.79. The number of carbonyl (C=O) groups excluding carboxylic acids is 1. The minimum Gasteiger partial charge on any atom is -0.478 e. The molecule has 0 saturated carbocycles. The van der Waals surface area contributed by atoms with E-state index >= 15 is 0 Å². The number of pyridine rings is 1. The molecule has 0 aliphatic carbocycles. The largest absolute Gasteiger partial charge is 0.478 e. The number of aromatic nitrogens is 1. The van der Waals surface area contributed by atoms with E-state index in [0.717, 1.165) is 16.7 Å². The van der Waals surface area contributed by atoms with Crippen molar-refractivity contribution in [2.24, 2.45) is 5.73 Å². The van der Waals surface area contributed by atoms with Crippen molar-refractivity contribution in [1.82, 2.24) is 9.88 Å². The Bertz CT molecular complexity index is 1560. The summed E-state index contributed by atoms with van der Waals surface area (Å²) in [5, 5.41) is 0.848. The minimum atomic E-state index is -0.738. The molecule has 39 heavy (non-hydrogen) atoms. The van der Waals surface area contributed by atoms with Crippen LogP contribution in [0.1, 0.15) is 36.1 Å². The standard InChI is InChI=1S/C29H27Cl2FN4O3/c1-16(24-21(30)7-8-22(32)25(24)31)39-27-26-19(14-35-28(27)34)20(15-38-26)18-9-11-36(12-10-18)29(37)23(33)13-17-5-3-2-4-6-17/h2-9,14-16,23H,10-13,33H2,1H3,(H2,34,35). The lowest BCUT2D eigenvalue weighted by Crippen LogP contribution is -2.46. The van der Waals surface area contributed by atoms with Crippen LogP contribution in [0, 0.1) is 5.82 Å². The molecule has 2 atom stereocenters. The fourth-order valence-electron chi connectivity index (χ4n) is 4.80. The summed E-state index contributed by atoms with van der Waals surface area (Å²) in [6, 6.07) is 11.7. The first kappa shape index (κ1) is 27.0. The van der Waals surface area contributed by atoms with E-state index in [-0.39, 0.29) is 27.5 Å². The van der Waals surface area contributed by atoms with Crippen LogP contribution in [0.2, 0.25) is 10.0 Å². The van der Waals surface area contributed by atoms with E-state index in [1.807, 2.05) is 36.4 Å². The topological polar surface area (TPSA) is 108 Å². The van der Waals surface area contributed by atoms with Gasteiger partial charge in [-0.1, -0.05) is 59.6 Å². The van der Waals surface area contributed by atoms with Gasteiger partial charge in [0.2, 0.25) is 11.7 Å². The van der Waals surface area contributed by atoms with Crippen LogP contribution < -0.4 is 16.2 Å². The number of hydrogen-bond acceptors (Lipinski definition) is 6. The summed E-state index contributed by atoms with van der Waals surface area (Å²) < 4.78 is 26.1. The molecule has 0 bridgehead atoms. The van der Waals surface area contributed by atoms with Crippen LogP contribution in [-0.2, 0) is 11.2 Å². The molecule has 1 amide bonds. The van der Waals surface area contributed by atoms with Crippen molar-refractivity contribution in [2.45, 2.75) is 31.9 Å². The molecule has 2 unspecified atom stereocenters. The van der Waals surface area contributed by atoms with Gasteiger partial charge in [0, 0.05) is 35.4 Å². The summed E-state index contributed by atoms with van der Waals surface area (Å²) in [7, 11) is 0. The molecule has 3 heterocycles. The number of rotatable bonds is 7. The van der Waals surface area contributed by atoms with E-state index in [4.69, 9.17) is 43.8 Å². The highest BCUT2D eigenvalue weighted by Crippen LogP contribution is 2.41. The third-order valence-electron chi connectivity index (χ3n) is 6.86. The molecule has 4 aromatic rings. The second kappa shape index (κ2) is 11.3. The van der Waals surface area contributed by atoms with Crippen LogP contribution in [-0.4, -0.2) is 34.9 Å². The number of nitrogen functional groups attached to an aromatic ring is 1. The summed E-state index contributed by atoms with van der Waals surface area (Å²) in [6.45, 7) is 2.65. The smallest absolute Gasteiger partial charge is 0.240 e. The minimum absolute atomic E-state index is 0.0833. The molecule has 4 N–H and O–H groups in total. The Balaban J connectivity index is 1.35.